The minimum Gasteiger partial charge on any atom is -0.449 e. The number of amides is 3. The van der Waals surface area contributed by atoms with Gasteiger partial charge in [-0.3, -0.25) is 39.5 Å². The van der Waals surface area contributed by atoms with Gasteiger partial charge in [-0.05, 0) is 42.1 Å². The van der Waals surface area contributed by atoms with Gasteiger partial charge in [-0.2, -0.15) is 0 Å². The molecule has 0 atom stereocenters. The molecule has 0 saturated carbocycles. The Bertz CT molecular complexity index is 1220. The SMILES string of the molecule is NC(=O)CN1C(=O)S/C(=C\c2cc(Br)ccc2Oc2ccc([N+](=O)[O-])cc2[N+](=O)[O-])C1=O. The normalized spacial score (nSPS) is 14.7. The molecule has 32 heavy (non-hydrogen) atoms. The van der Waals surface area contributed by atoms with E-state index >= 15 is 0 Å². The van der Waals surface area contributed by atoms with Crippen LogP contribution in [-0.4, -0.2) is 38.3 Å². The van der Waals surface area contributed by atoms with Gasteiger partial charge >= 0.3 is 5.69 Å². The second-order valence-corrected chi connectivity index (χ2v) is 8.09. The molecule has 0 spiro atoms. The highest BCUT2D eigenvalue weighted by atomic mass is 79.9. The molecule has 2 aromatic rings. The highest BCUT2D eigenvalue weighted by molar-refractivity contribution is 9.10. The lowest BCUT2D eigenvalue weighted by Gasteiger charge is -2.11. The number of hydrogen-bond donors (Lipinski definition) is 1. The summed E-state index contributed by atoms with van der Waals surface area (Å²) in [4.78, 5) is 56.9. The number of nitro benzene ring substituents is 2. The van der Waals surface area contributed by atoms with Crippen molar-refractivity contribution in [2.75, 3.05) is 6.54 Å². The molecule has 0 bridgehead atoms. The second-order valence-electron chi connectivity index (χ2n) is 6.18. The summed E-state index contributed by atoms with van der Waals surface area (Å²) < 4.78 is 6.21. The van der Waals surface area contributed by atoms with Crippen LogP contribution in [0.2, 0.25) is 0 Å². The van der Waals surface area contributed by atoms with Crippen LogP contribution in [0.3, 0.4) is 0 Å². The van der Waals surface area contributed by atoms with E-state index in [0.717, 1.165) is 18.2 Å². The molecule has 14 heteroatoms. The maximum absolute atomic E-state index is 12.5. The molecular weight excluding hydrogens is 512 g/mol. The van der Waals surface area contributed by atoms with Gasteiger partial charge in [0.25, 0.3) is 16.8 Å². The van der Waals surface area contributed by atoms with Crippen molar-refractivity contribution < 1.29 is 29.0 Å². The highest BCUT2D eigenvalue weighted by Gasteiger charge is 2.36. The van der Waals surface area contributed by atoms with Crippen molar-refractivity contribution in [1.29, 1.82) is 0 Å². The minimum atomic E-state index is -0.856. The topological polar surface area (TPSA) is 176 Å². The summed E-state index contributed by atoms with van der Waals surface area (Å²) in [6, 6.07) is 7.47. The van der Waals surface area contributed by atoms with E-state index in [2.05, 4.69) is 15.9 Å². The number of nitrogens with two attached hydrogens (primary N) is 1. The Labute approximate surface area is 191 Å². The molecule has 3 amide bonds. The van der Waals surface area contributed by atoms with Crippen LogP contribution in [0.1, 0.15) is 5.56 Å². The first-order valence-electron chi connectivity index (χ1n) is 8.50. The third-order valence-corrected chi connectivity index (χ3v) is 5.42. The molecule has 0 aliphatic carbocycles. The van der Waals surface area contributed by atoms with E-state index in [1.54, 1.807) is 6.07 Å². The van der Waals surface area contributed by atoms with Crippen LogP contribution in [0.15, 0.2) is 45.8 Å². The van der Waals surface area contributed by atoms with Gasteiger partial charge < -0.3 is 10.5 Å². The van der Waals surface area contributed by atoms with Crippen LogP contribution in [0.5, 0.6) is 11.5 Å². The van der Waals surface area contributed by atoms with Gasteiger partial charge in [0.2, 0.25) is 11.7 Å². The number of imide groups is 1. The average Bonchev–Trinajstić information content (AvgIpc) is 2.97. The van der Waals surface area contributed by atoms with Gasteiger partial charge in [0, 0.05) is 16.1 Å². The number of hydrogen-bond acceptors (Lipinski definition) is 9. The van der Waals surface area contributed by atoms with Crippen LogP contribution in [0, 0.1) is 20.2 Å². The number of primary amides is 1. The number of nitrogens with zero attached hydrogens (tertiary/aromatic N) is 3. The quantitative estimate of drug-likeness (QED) is 0.323. The molecule has 1 aliphatic heterocycles. The zero-order valence-electron chi connectivity index (χ0n) is 15.7. The van der Waals surface area contributed by atoms with E-state index in [1.807, 2.05) is 0 Å². The van der Waals surface area contributed by atoms with E-state index < -0.39 is 44.8 Å². The van der Waals surface area contributed by atoms with E-state index in [0.29, 0.717) is 21.1 Å². The van der Waals surface area contributed by atoms with Gasteiger partial charge in [-0.25, -0.2) is 0 Å². The molecule has 0 aromatic heterocycles. The summed E-state index contributed by atoms with van der Waals surface area (Å²) in [6.07, 6.45) is 1.32. The molecule has 1 saturated heterocycles. The van der Waals surface area contributed by atoms with Gasteiger partial charge in [0.15, 0.2) is 0 Å². The average molecular weight is 523 g/mol. The smallest absolute Gasteiger partial charge is 0.318 e. The monoisotopic (exact) mass is 522 g/mol. The van der Waals surface area contributed by atoms with E-state index in [-0.39, 0.29) is 22.0 Å². The Morgan fingerprint density at radius 1 is 1.12 bits per heavy atom. The van der Waals surface area contributed by atoms with Crippen molar-refractivity contribution in [2.24, 2.45) is 5.73 Å². The van der Waals surface area contributed by atoms with E-state index in [4.69, 9.17) is 10.5 Å². The number of thioether (sulfide) groups is 1. The number of carbonyl (C=O) groups is 3. The Kier molecular flexibility index (Phi) is 6.55. The van der Waals surface area contributed by atoms with Gasteiger partial charge in [0.1, 0.15) is 12.3 Å². The number of carbonyl (C=O) groups excluding carboxylic acids is 3. The molecule has 164 valence electrons. The fourth-order valence-electron chi connectivity index (χ4n) is 2.63. The molecule has 12 nitrogen and oxygen atoms in total. The lowest BCUT2D eigenvalue weighted by Crippen LogP contribution is -2.36. The molecule has 2 N–H and O–H groups in total. The third kappa shape index (κ3) is 4.92. The fourth-order valence-corrected chi connectivity index (χ4v) is 3.83. The van der Waals surface area contributed by atoms with E-state index in [9.17, 15) is 34.6 Å². The number of non-ortho nitro benzene ring substituents is 1. The Balaban J connectivity index is 2.00. The van der Waals surface area contributed by atoms with Crippen molar-refractivity contribution >= 4 is 62.2 Å². The molecule has 1 fully saturated rings. The minimum absolute atomic E-state index is 0.0163. The van der Waals surface area contributed by atoms with Crippen LogP contribution in [-0.2, 0) is 9.59 Å². The largest absolute Gasteiger partial charge is 0.449 e. The lowest BCUT2D eigenvalue weighted by atomic mass is 10.1. The van der Waals surface area contributed by atoms with Crippen molar-refractivity contribution in [3.63, 3.8) is 0 Å². The predicted molar refractivity (Wildman–Crippen MR) is 116 cm³/mol. The lowest BCUT2D eigenvalue weighted by molar-refractivity contribution is -0.394. The van der Waals surface area contributed by atoms with Crippen LogP contribution in [0.25, 0.3) is 6.08 Å². The first-order valence-corrected chi connectivity index (χ1v) is 10.1. The molecule has 3 rings (SSSR count). The maximum atomic E-state index is 12.5. The summed E-state index contributed by atoms with van der Waals surface area (Å²) in [5, 5.41) is 21.6. The maximum Gasteiger partial charge on any atom is 0.318 e. The summed E-state index contributed by atoms with van der Waals surface area (Å²) >= 11 is 3.86. The second kappa shape index (κ2) is 9.15. The number of nitro groups is 2. The summed E-state index contributed by atoms with van der Waals surface area (Å²) in [7, 11) is 0. The summed E-state index contributed by atoms with van der Waals surface area (Å²) in [5.41, 5.74) is 4.22. The van der Waals surface area contributed by atoms with E-state index in [1.165, 1.54) is 18.2 Å². The third-order valence-electron chi connectivity index (χ3n) is 4.02. The number of benzene rings is 2. The molecule has 0 radical (unpaired) electrons. The standard InChI is InChI=1S/C18H11BrN4O8S/c19-10-1-3-13(31-14-4-2-11(22(27)28)7-12(14)23(29)30)9(5-10)6-15-17(25)21(8-16(20)24)18(26)32-15/h1-7H,8H2,(H2,20,24)/b15-6-. The predicted octanol–water partition coefficient (Wildman–Crippen LogP) is 3.58. The van der Waals surface area contributed by atoms with Crippen molar-refractivity contribution in [1.82, 2.24) is 4.90 Å². The highest BCUT2D eigenvalue weighted by Crippen LogP contribution is 2.39. The molecule has 0 unspecified atom stereocenters. The Morgan fingerprint density at radius 2 is 1.81 bits per heavy atom. The van der Waals surface area contributed by atoms with Crippen molar-refractivity contribution in [3.05, 3.63) is 71.6 Å². The van der Waals surface area contributed by atoms with Gasteiger partial charge in [-0.1, -0.05) is 15.9 Å². The first-order chi connectivity index (χ1) is 15.1. The molecule has 1 heterocycles. The van der Waals surface area contributed by atoms with Crippen LogP contribution < -0.4 is 10.5 Å². The van der Waals surface area contributed by atoms with Crippen LogP contribution >= 0.6 is 27.7 Å². The number of ether oxygens (including phenoxy) is 1. The molecular formula is C18H11BrN4O8S. The van der Waals surface area contributed by atoms with Gasteiger partial charge in [0.05, 0.1) is 20.8 Å². The zero-order valence-corrected chi connectivity index (χ0v) is 18.1. The zero-order chi connectivity index (χ0) is 23.6. The van der Waals surface area contributed by atoms with Crippen molar-refractivity contribution in [2.45, 2.75) is 0 Å². The molecule has 2 aromatic carbocycles. The first kappa shape index (κ1) is 22.9. The Hall–Kier alpha value is -3.78. The summed E-state index contributed by atoms with van der Waals surface area (Å²) in [6.45, 7) is -0.571. The molecule has 1 aliphatic rings. The fraction of sp³-hybridized carbons (Fsp3) is 0.0556. The number of rotatable bonds is 7. The van der Waals surface area contributed by atoms with Crippen molar-refractivity contribution in [3.8, 4) is 11.5 Å². The van der Waals surface area contributed by atoms with Gasteiger partial charge in [-0.15, -0.1) is 0 Å². The summed E-state index contributed by atoms with van der Waals surface area (Å²) in [5.74, 6) is -1.78. The number of halogens is 1. The Morgan fingerprint density at radius 3 is 2.44 bits per heavy atom. The van der Waals surface area contributed by atoms with Crippen LogP contribution in [0.4, 0.5) is 16.2 Å².